The number of carbonyl (C=O) groups excluding carboxylic acids is 1. The Bertz CT molecular complexity index is 668. The minimum Gasteiger partial charge on any atom is -0.352 e. The van der Waals surface area contributed by atoms with Crippen molar-refractivity contribution in [1.29, 1.82) is 0 Å². The molecule has 0 radical (unpaired) electrons. The molecule has 1 amide bonds. The van der Waals surface area contributed by atoms with Crippen LogP contribution in [0.4, 0.5) is 0 Å². The number of hydrogen-bond acceptors (Lipinski definition) is 2. The van der Waals surface area contributed by atoms with Crippen LogP contribution in [-0.4, -0.2) is 22.6 Å². The molecule has 1 unspecified atom stereocenters. The number of fused-ring (bicyclic) bond motifs is 1. The molecule has 1 aliphatic carbocycles. The lowest BCUT2D eigenvalue weighted by atomic mass is 9.95. The van der Waals surface area contributed by atoms with E-state index in [0.29, 0.717) is 12.6 Å². The van der Waals surface area contributed by atoms with Crippen molar-refractivity contribution in [3.63, 3.8) is 0 Å². The van der Waals surface area contributed by atoms with E-state index in [4.69, 9.17) is 5.73 Å². The van der Waals surface area contributed by atoms with Crippen LogP contribution < -0.4 is 11.1 Å². The molecule has 0 bridgehead atoms. The molecule has 4 heteroatoms. The minimum atomic E-state index is 0.116. The van der Waals surface area contributed by atoms with Crippen molar-refractivity contribution < 1.29 is 4.79 Å². The van der Waals surface area contributed by atoms with Crippen LogP contribution >= 0.6 is 0 Å². The number of rotatable bonds is 5. The molecule has 1 saturated carbocycles. The van der Waals surface area contributed by atoms with Gasteiger partial charge in [0.15, 0.2) is 0 Å². The molecule has 1 atom stereocenters. The number of benzene rings is 1. The summed E-state index contributed by atoms with van der Waals surface area (Å²) < 4.78 is 2.06. The van der Waals surface area contributed by atoms with Crippen molar-refractivity contribution in [2.45, 2.75) is 64.1 Å². The highest BCUT2D eigenvalue weighted by molar-refractivity contribution is 5.86. The van der Waals surface area contributed by atoms with E-state index in [9.17, 15) is 4.79 Å². The summed E-state index contributed by atoms with van der Waals surface area (Å²) >= 11 is 0. The summed E-state index contributed by atoms with van der Waals surface area (Å²) in [6.07, 6.45) is 8.93. The Kier molecular flexibility index (Phi) is 5.01. The zero-order chi connectivity index (χ0) is 16.2. The zero-order valence-corrected chi connectivity index (χ0v) is 13.9. The molecule has 2 aromatic rings. The number of nitrogens with zero attached hydrogens (tertiary/aromatic N) is 1. The average molecular weight is 313 g/mol. The van der Waals surface area contributed by atoms with Gasteiger partial charge in [0.05, 0.1) is 0 Å². The largest absolute Gasteiger partial charge is 0.352 e. The van der Waals surface area contributed by atoms with Crippen LogP contribution in [0.15, 0.2) is 30.5 Å². The lowest BCUT2D eigenvalue weighted by molar-refractivity contribution is -0.122. The van der Waals surface area contributed by atoms with E-state index in [-0.39, 0.29) is 11.9 Å². The molecule has 23 heavy (non-hydrogen) atoms. The molecule has 1 aromatic heterocycles. The summed E-state index contributed by atoms with van der Waals surface area (Å²) in [6, 6.07) is 8.73. The molecule has 0 saturated heterocycles. The zero-order valence-electron chi connectivity index (χ0n) is 13.9. The van der Waals surface area contributed by atoms with Crippen LogP contribution in [0.1, 0.15) is 44.6 Å². The van der Waals surface area contributed by atoms with Crippen molar-refractivity contribution in [1.82, 2.24) is 9.88 Å². The number of amides is 1. The van der Waals surface area contributed by atoms with Crippen LogP contribution in [0.2, 0.25) is 0 Å². The number of para-hydroxylation sites is 1. The summed E-state index contributed by atoms with van der Waals surface area (Å²) in [5, 5.41) is 4.40. The monoisotopic (exact) mass is 313 g/mol. The second-order valence-electron chi connectivity index (χ2n) is 6.88. The van der Waals surface area contributed by atoms with Gasteiger partial charge in [-0.15, -0.1) is 0 Å². The molecule has 1 aromatic carbocycles. The highest BCUT2D eigenvalue weighted by Crippen LogP contribution is 2.22. The second kappa shape index (κ2) is 7.18. The van der Waals surface area contributed by atoms with Gasteiger partial charge >= 0.3 is 0 Å². The van der Waals surface area contributed by atoms with Gasteiger partial charge in [0.2, 0.25) is 5.91 Å². The first kappa shape index (κ1) is 16.1. The molecule has 124 valence electrons. The minimum absolute atomic E-state index is 0.116. The van der Waals surface area contributed by atoms with E-state index in [1.165, 1.54) is 30.2 Å². The van der Waals surface area contributed by atoms with Crippen LogP contribution in [-0.2, 0) is 17.8 Å². The standard InChI is InChI=1S/C19H27N3O/c1-14(20)11-15-12-22(18-10-6-5-9-17(15)18)13-19(23)21-16-7-3-2-4-8-16/h5-6,9-10,12,14,16H,2-4,7-8,11,13,20H2,1H3,(H,21,23). The first-order chi connectivity index (χ1) is 11.1. The molecule has 1 fully saturated rings. The van der Waals surface area contributed by atoms with Crippen molar-refractivity contribution in [2.24, 2.45) is 5.73 Å². The van der Waals surface area contributed by atoms with Gasteiger partial charge < -0.3 is 15.6 Å². The van der Waals surface area contributed by atoms with Gasteiger partial charge in [-0.2, -0.15) is 0 Å². The number of aromatic nitrogens is 1. The Hall–Kier alpha value is -1.81. The molecule has 3 N–H and O–H groups in total. The van der Waals surface area contributed by atoms with E-state index in [0.717, 1.165) is 24.8 Å². The van der Waals surface area contributed by atoms with Crippen LogP contribution in [0.3, 0.4) is 0 Å². The lowest BCUT2D eigenvalue weighted by Crippen LogP contribution is -2.38. The Morgan fingerprint density at radius 1 is 1.30 bits per heavy atom. The number of carbonyl (C=O) groups is 1. The quantitative estimate of drug-likeness (QED) is 0.891. The summed E-state index contributed by atoms with van der Waals surface area (Å²) in [6.45, 7) is 2.40. The Labute approximate surface area is 138 Å². The van der Waals surface area contributed by atoms with Gasteiger partial charge in [-0.25, -0.2) is 0 Å². The fourth-order valence-electron chi connectivity index (χ4n) is 3.64. The van der Waals surface area contributed by atoms with E-state index in [1.807, 2.05) is 19.1 Å². The molecule has 4 nitrogen and oxygen atoms in total. The third kappa shape index (κ3) is 3.94. The molecule has 0 spiro atoms. The highest BCUT2D eigenvalue weighted by atomic mass is 16.2. The third-order valence-corrected chi connectivity index (χ3v) is 4.70. The maximum Gasteiger partial charge on any atom is 0.240 e. The van der Waals surface area contributed by atoms with Crippen molar-refractivity contribution in [3.05, 3.63) is 36.0 Å². The van der Waals surface area contributed by atoms with Crippen LogP contribution in [0.25, 0.3) is 10.9 Å². The highest BCUT2D eigenvalue weighted by Gasteiger charge is 2.17. The van der Waals surface area contributed by atoms with E-state index < -0.39 is 0 Å². The lowest BCUT2D eigenvalue weighted by Gasteiger charge is -2.22. The summed E-state index contributed by atoms with van der Waals surface area (Å²) in [4.78, 5) is 12.4. The topological polar surface area (TPSA) is 60.0 Å². The number of nitrogens with one attached hydrogen (secondary N) is 1. The summed E-state index contributed by atoms with van der Waals surface area (Å²) in [5.41, 5.74) is 8.30. The Balaban J connectivity index is 1.75. The van der Waals surface area contributed by atoms with E-state index in [2.05, 4.69) is 28.2 Å². The third-order valence-electron chi connectivity index (χ3n) is 4.70. The van der Waals surface area contributed by atoms with E-state index >= 15 is 0 Å². The first-order valence-corrected chi connectivity index (χ1v) is 8.75. The SMILES string of the molecule is CC(N)Cc1cn(CC(=O)NC2CCCCC2)c2ccccc12. The molecule has 1 aliphatic rings. The predicted molar refractivity (Wildman–Crippen MR) is 94.3 cm³/mol. The van der Waals surface area contributed by atoms with Gasteiger partial charge in [0, 0.05) is 29.2 Å². The normalized spacial score (nSPS) is 17.3. The molecule has 3 rings (SSSR count). The van der Waals surface area contributed by atoms with Gasteiger partial charge in [0.25, 0.3) is 0 Å². The van der Waals surface area contributed by atoms with Crippen molar-refractivity contribution in [2.75, 3.05) is 0 Å². The maximum absolute atomic E-state index is 12.4. The summed E-state index contributed by atoms with van der Waals surface area (Å²) in [7, 11) is 0. The molecular formula is C19H27N3O. The van der Waals surface area contributed by atoms with Gasteiger partial charge in [-0.1, -0.05) is 37.5 Å². The molecule has 0 aliphatic heterocycles. The van der Waals surface area contributed by atoms with Crippen LogP contribution in [0.5, 0.6) is 0 Å². The molecule has 1 heterocycles. The van der Waals surface area contributed by atoms with Crippen LogP contribution in [0, 0.1) is 0 Å². The fourth-order valence-corrected chi connectivity index (χ4v) is 3.64. The Morgan fingerprint density at radius 2 is 2.04 bits per heavy atom. The average Bonchev–Trinajstić information content (AvgIpc) is 2.86. The first-order valence-electron chi connectivity index (χ1n) is 8.75. The van der Waals surface area contributed by atoms with Gasteiger partial charge in [0.1, 0.15) is 6.54 Å². The summed E-state index contributed by atoms with van der Waals surface area (Å²) in [5.74, 6) is 0.116. The van der Waals surface area contributed by atoms with Crippen molar-refractivity contribution >= 4 is 16.8 Å². The number of hydrogen-bond donors (Lipinski definition) is 2. The maximum atomic E-state index is 12.4. The van der Waals surface area contributed by atoms with Crippen molar-refractivity contribution in [3.8, 4) is 0 Å². The van der Waals surface area contributed by atoms with E-state index in [1.54, 1.807) is 0 Å². The number of nitrogens with two attached hydrogens (primary N) is 1. The Morgan fingerprint density at radius 3 is 2.78 bits per heavy atom. The smallest absolute Gasteiger partial charge is 0.240 e. The van der Waals surface area contributed by atoms with Gasteiger partial charge in [-0.05, 0) is 37.8 Å². The predicted octanol–water partition coefficient (Wildman–Crippen LogP) is 2.98. The second-order valence-corrected chi connectivity index (χ2v) is 6.88. The van der Waals surface area contributed by atoms with Gasteiger partial charge in [-0.3, -0.25) is 4.79 Å². The molecular weight excluding hydrogens is 286 g/mol. The fraction of sp³-hybridized carbons (Fsp3) is 0.526.